The van der Waals surface area contributed by atoms with Crippen molar-refractivity contribution in [1.82, 2.24) is 15.4 Å². The number of sulfonamides is 1. The summed E-state index contributed by atoms with van der Waals surface area (Å²) in [6, 6.07) is 11.9. The van der Waals surface area contributed by atoms with Gasteiger partial charge < -0.3 is 5.32 Å². The van der Waals surface area contributed by atoms with Crippen LogP contribution in [0.2, 0.25) is 0 Å². The average Bonchev–Trinajstić information content (AvgIpc) is 2.67. The maximum atomic E-state index is 13.2. The summed E-state index contributed by atoms with van der Waals surface area (Å²) in [5, 5.41) is 4.78. The molecule has 2 aromatic carbocycles. The molecule has 0 aliphatic heterocycles. The van der Waals surface area contributed by atoms with Crippen LogP contribution in [0, 0.1) is 0 Å². The van der Waals surface area contributed by atoms with Crippen molar-refractivity contribution in [2.24, 2.45) is 0 Å². The predicted molar refractivity (Wildman–Crippen MR) is 103 cm³/mol. The van der Waals surface area contributed by atoms with Crippen LogP contribution in [-0.2, 0) is 27.1 Å². The largest absolute Gasteiger partial charge is 0.407 e. The molecule has 3 N–H and O–H groups in total. The summed E-state index contributed by atoms with van der Waals surface area (Å²) < 4.78 is 65.0. The lowest BCUT2D eigenvalue weighted by Gasteiger charge is -2.22. The minimum absolute atomic E-state index is 0.0277. The van der Waals surface area contributed by atoms with Crippen LogP contribution in [0.15, 0.2) is 54.6 Å². The standard InChI is InChI=1S/C19H22F3N3O3S/c1-23-29(27,28)13-15-9-7-14(8-10-15)11-24-17(26)12-25-18(19(20,21)22)16-5-3-2-4-6-16/h2-10,18,23,25H,11-13H2,1H3,(H,24,26). The fraction of sp³-hybridized carbons (Fsp3) is 0.316. The zero-order chi connectivity index (χ0) is 21.5. The number of carbonyl (C=O) groups is 1. The highest BCUT2D eigenvalue weighted by Gasteiger charge is 2.40. The van der Waals surface area contributed by atoms with Crippen LogP contribution in [0.5, 0.6) is 0 Å². The molecule has 0 saturated heterocycles. The molecule has 1 amide bonds. The Bertz CT molecular complexity index is 902. The second-order valence-corrected chi connectivity index (χ2v) is 8.25. The normalized spacial score (nSPS) is 13.1. The molecule has 0 aliphatic rings. The molecule has 6 nitrogen and oxygen atoms in total. The highest BCUT2D eigenvalue weighted by Crippen LogP contribution is 2.32. The van der Waals surface area contributed by atoms with Crippen LogP contribution in [0.3, 0.4) is 0 Å². The van der Waals surface area contributed by atoms with E-state index in [4.69, 9.17) is 0 Å². The van der Waals surface area contributed by atoms with Gasteiger partial charge in [-0.3, -0.25) is 10.1 Å². The zero-order valence-corrected chi connectivity index (χ0v) is 16.5. The van der Waals surface area contributed by atoms with Crippen molar-refractivity contribution in [3.05, 3.63) is 71.3 Å². The van der Waals surface area contributed by atoms with Gasteiger partial charge in [-0.25, -0.2) is 13.1 Å². The molecule has 10 heteroatoms. The Morgan fingerprint density at radius 2 is 1.59 bits per heavy atom. The predicted octanol–water partition coefficient (Wildman–Crippen LogP) is 2.25. The smallest absolute Gasteiger partial charge is 0.351 e. The summed E-state index contributed by atoms with van der Waals surface area (Å²) in [6.07, 6.45) is -4.54. The van der Waals surface area contributed by atoms with Crippen molar-refractivity contribution in [2.75, 3.05) is 13.6 Å². The number of hydrogen-bond donors (Lipinski definition) is 3. The average molecular weight is 429 g/mol. The Kier molecular flexibility index (Phi) is 7.77. The van der Waals surface area contributed by atoms with Crippen LogP contribution >= 0.6 is 0 Å². The second kappa shape index (κ2) is 9.86. The fourth-order valence-corrected chi connectivity index (χ4v) is 3.35. The molecule has 0 spiro atoms. The SMILES string of the molecule is CNS(=O)(=O)Cc1ccc(CNC(=O)CNC(c2ccccc2)C(F)(F)F)cc1. The lowest BCUT2D eigenvalue weighted by atomic mass is 10.1. The molecular weight excluding hydrogens is 407 g/mol. The van der Waals surface area contributed by atoms with Crippen molar-refractivity contribution in [3.8, 4) is 0 Å². The number of benzene rings is 2. The van der Waals surface area contributed by atoms with Gasteiger partial charge in [0.15, 0.2) is 0 Å². The minimum atomic E-state index is -4.54. The lowest BCUT2D eigenvalue weighted by molar-refractivity contribution is -0.158. The third-order valence-electron chi connectivity index (χ3n) is 4.11. The fourth-order valence-electron chi connectivity index (χ4n) is 2.57. The number of nitrogens with one attached hydrogen (secondary N) is 3. The number of rotatable bonds is 9. The molecular formula is C19H22F3N3O3S. The first-order chi connectivity index (χ1) is 13.6. The van der Waals surface area contributed by atoms with Crippen LogP contribution in [0.4, 0.5) is 13.2 Å². The summed E-state index contributed by atoms with van der Waals surface area (Å²) in [5.74, 6) is -0.754. The van der Waals surface area contributed by atoms with E-state index in [9.17, 15) is 26.4 Å². The molecule has 0 bridgehead atoms. The molecule has 0 saturated carbocycles. The summed E-state index contributed by atoms with van der Waals surface area (Å²) in [6.45, 7) is -0.390. The zero-order valence-electron chi connectivity index (χ0n) is 15.7. The molecule has 0 radical (unpaired) electrons. The van der Waals surface area contributed by atoms with Crippen molar-refractivity contribution in [1.29, 1.82) is 0 Å². The maximum Gasteiger partial charge on any atom is 0.407 e. The minimum Gasteiger partial charge on any atom is -0.351 e. The third-order valence-corrected chi connectivity index (χ3v) is 5.44. The number of carbonyl (C=O) groups excluding carboxylic acids is 1. The van der Waals surface area contributed by atoms with Gasteiger partial charge in [0.05, 0.1) is 12.3 Å². The van der Waals surface area contributed by atoms with Gasteiger partial charge in [-0.2, -0.15) is 13.2 Å². The Morgan fingerprint density at radius 3 is 2.14 bits per heavy atom. The van der Waals surface area contributed by atoms with Gasteiger partial charge in [0, 0.05) is 6.54 Å². The number of amides is 1. The highest BCUT2D eigenvalue weighted by molar-refractivity contribution is 7.88. The van der Waals surface area contributed by atoms with Gasteiger partial charge in [-0.15, -0.1) is 0 Å². The number of alkyl halides is 3. The highest BCUT2D eigenvalue weighted by atomic mass is 32.2. The summed E-state index contributed by atoms with van der Waals surface area (Å²) in [5.41, 5.74) is 1.30. The van der Waals surface area contributed by atoms with Gasteiger partial charge in [-0.05, 0) is 23.7 Å². The third kappa shape index (κ3) is 7.48. The molecule has 158 valence electrons. The van der Waals surface area contributed by atoms with E-state index >= 15 is 0 Å². The van der Waals surface area contributed by atoms with E-state index < -0.39 is 34.7 Å². The van der Waals surface area contributed by atoms with Crippen molar-refractivity contribution in [2.45, 2.75) is 24.5 Å². The molecule has 1 atom stereocenters. The number of halogens is 3. The quantitative estimate of drug-likeness (QED) is 0.571. The monoisotopic (exact) mass is 429 g/mol. The van der Waals surface area contributed by atoms with Gasteiger partial charge in [0.2, 0.25) is 15.9 Å². The van der Waals surface area contributed by atoms with Crippen LogP contribution in [0.1, 0.15) is 22.7 Å². The Balaban J connectivity index is 1.87. The molecule has 29 heavy (non-hydrogen) atoms. The van der Waals surface area contributed by atoms with Crippen molar-refractivity contribution >= 4 is 15.9 Å². The van der Waals surface area contributed by atoms with E-state index in [-0.39, 0.29) is 17.9 Å². The van der Waals surface area contributed by atoms with Gasteiger partial charge in [-0.1, -0.05) is 54.6 Å². The van der Waals surface area contributed by atoms with Gasteiger partial charge in [0.1, 0.15) is 6.04 Å². The molecule has 1 unspecified atom stereocenters. The first kappa shape index (κ1) is 22.9. The van der Waals surface area contributed by atoms with Crippen molar-refractivity contribution in [3.63, 3.8) is 0 Å². The van der Waals surface area contributed by atoms with E-state index in [1.54, 1.807) is 30.3 Å². The molecule has 0 fully saturated rings. The van der Waals surface area contributed by atoms with E-state index in [1.807, 2.05) is 0 Å². The summed E-state index contributed by atoms with van der Waals surface area (Å²) in [4.78, 5) is 11.9. The topological polar surface area (TPSA) is 87.3 Å². The Labute approximate surface area is 167 Å². The molecule has 0 heterocycles. The van der Waals surface area contributed by atoms with E-state index in [2.05, 4.69) is 15.4 Å². The van der Waals surface area contributed by atoms with Gasteiger partial charge >= 0.3 is 6.18 Å². The summed E-state index contributed by atoms with van der Waals surface area (Å²) in [7, 11) is -2.05. The van der Waals surface area contributed by atoms with Crippen LogP contribution < -0.4 is 15.4 Å². The van der Waals surface area contributed by atoms with E-state index in [0.717, 1.165) is 0 Å². The van der Waals surface area contributed by atoms with Crippen LogP contribution in [-0.4, -0.2) is 34.1 Å². The maximum absolute atomic E-state index is 13.2. The molecule has 0 aliphatic carbocycles. The molecule has 2 aromatic rings. The molecule has 2 rings (SSSR count). The lowest BCUT2D eigenvalue weighted by Crippen LogP contribution is -2.40. The molecule has 0 aromatic heterocycles. The van der Waals surface area contributed by atoms with Crippen molar-refractivity contribution < 1.29 is 26.4 Å². The Morgan fingerprint density at radius 1 is 1.00 bits per heavy atom. The Hall–Kier alpha value is -2.43. The van der Waals surface area contributed by atoms with E-state index in [0.29, 0.717) is 11.1 Å². The van der Waals surface area contributed by atoms with Crippen LogP contribution in [0.25, 0.3) is 0 Å². The summed E-state index contributed by atoms with van der Waals surface area (Å²) >= 11 is 0. The number of hydrogen-bond acceptors (Lipinski definition) is 4. The van der Waals surface area contributed by atoms with Gasteiger partial charge in [0.25, 0.3) is 0 Å². The first-order valence-electron chi connectivity index (χ1n) is 8.71. The second-order valence-electron chi connectivity index (χ2n) is 6.32. The first-order valence-corrected chi connectivity index (χ1v) is 10.4. The van der Waals surface area contributed by atoms with E-state index in [1.165, 1.54) is 31.3 Å².